The second-order valence-electron chi connectivity index (χ2n) is 6.64. The van der Waals surface area contributed by atoms with Crippen molar-refractivity contribution in [3.63, 3.8) is 0 Å². The lowest BCUT2D eigenvalue weighted by Gasteiger charge is -2.25. The molecule has 5 heteroatoms. The van der Waals surface area contributed by atoms with E-state index >= 15 is 0 Å². The van der Waals surface area contributed by atoms with Gasteiger partial charge in [-0.2, -0.15) is 0 Å². The maximum atomic E-state index is 12.2. The molecule has 2 rings (SSSR count). The van der Waals surface area contributed by atoms with Gasteiger partial charge in [0.15, 0.2) is 0 Å². The van der Waals surface area contributed by atoms with Crippen molar-refractivity contribution in [2.75, 3.05) is 5.32 Å². The molecule has 1 aromatic rings. The van der Waals surface area contributed by atoms with Crippen LogP contribution in [-0.2, 0) is 9.53 Å². The smallest absolute Gasteiger partial charge is 0.319 e. The topological polar surface area (TPSA) is 67.4 Å². The number of para-hydroxylation sites is 1. The van der Waals surface area contributed by atoms with Crippen LogP contribution >= 0.6 is 0 Å². The zero-order valence-corrected chi connectivity index (χ0v) is 13.4. The van der Waals surface area contributed by atoms with E-state index in [1.165, 1.54) is 0 Å². The fourth-order valence-electron chi connectivity index (χ4n) is 2.65. The molecule has 0 spiro atoms. The van der Waals surface area contributed by atoms with Gasteiger partial charge in [-0.3, -0.25) is 4.79 Å². The van der Waals surface area contributed by atoms with Gasteiger partial charge in [0.2, 0.25) is 0 Å². The summed E-state index contributed by atoms with van der Waals surface area (Å²) in [4.78, 5) is 24.3. The van der Waals surface area contributed by atoms with Gasteiger partial charge in [0, 0.05) is 11.7 Å². The number of hydrogen-bond acceptors (Lipinski definition) is 3. The van der Waals surface area contributed by atoms with Crippen LogP contribution in [0.1, 0.15) is 40.0 Å². The fraction of sp³-hybridized carbons (Fsp3) is 0.529. The summed E-state index contributed by atoms with van der Waals surface area (Å²) >= 11 is 0. The minimum atomic E-state index is -0.503. The lowest BCUT2D eigenvalue weighted by molar-refractivity contribution is -0.160. The summed E-state index contributed by atoms with van der Waals surface area (Å²) in [6, 6.07) is 8.78. The van der Waals surface area contributed by atoms with Crippen LogP contribution in [0.5, 0.6) is 0 Å². The monoisotopic (exact) mass is 304 g/mol. The van der Waals surface area contributed by atoms with Crippen molar-refractivity contribution in [1.29, 1.82) is 0 Å². The molecule has 22 heavy (non-hydrogen) atoms. The molecule has 1 aliphatic carbocycles. The molecular weight excluding hydrogens is 280 g/mol. The van der Waals surface area contributed by atoms with Crippen LogP contribution in [0, 0.1) is 5.92 Å². The van der Waals surface area contributed by atoms with Crippen LogP contribution < -0.4 is 10.6 Å². The quantitative estimate of drug-likeness (QED) is 0.842. The Bertz CT molecular complexity index is 522. The first-order valence-corrected chi connectivity index (χ1v) is 7.70. The molecule has 1 aliphatic rings. The number of hydrogen-bond donors (Lipinski definition) is 2. The number of amides is 2. The molecule has 2 atom stereocenters. The van der Waals surface area contributed by atoms with Crippen molar-refractivity contribution < 1.29 is 14.3 Å². The number of benzene rings is 1. The normalized spacial score (nSPS) is 21.2. The van der Waals surface area contributed by atoms with E-state index in [9.17, 15) is 9.59 Å². The third-order valence-electron chi connectivity index (χ3n) is 3.57. The number of nitrogens with one attached hydrogen (secondary N) is 2. The van der Waals surface area contributed by atoms with Crippen molar-refractivity contribution in [3.8, 4) is 0 Å². The average molecular weight is 304 g/mol. The molecule has 2 amide bonds. The Morgan fingerprint density at radius 3 is 2.45 bits per heavy atom. The van der Waals surface area contributed by atoms with Crippen molar-refractivity contribution >= 4 is 17.7 Å². The lowest BCUT2D eigenvalue weighted by atomic mass is 10.0. The minimum Gasteiger partial charge on any atom is -0.460 e. The number of urea groups is 1. The van der Waals surface area contributed by atoms with Crippen LogP contribution in [0.2, 0.25) is 0 Å². The van der Waals surface area contributed by atoms with Gasteiger partial charge in [0.25, 0.3) is 0 Å². The first-order valence-electron chi connectivity index (χ1n) is 7.70. The van der Waals surface area contributed by atoms with Crippen molar-refractivity contribution in [2.45, 2.75) is 51.7 Å². The molecule has 5 nitrogen and oxygen atoms in total. The number of anilines is 1. The van der Waals surface area contributed by atoms with Crippen molar-refractivity contribution in [3.05, 3.63) is 30.3 Å². The van der Waals surface area contributed by atoms with Crippen LogP contribution in [-0.4, -0.2) is 23.6 Å². The standard InChI is InChI=1S/C17H24N2O3/c1-17(2,3)22-15(20)13-10-7-11-14(13)19-16(21)18-12-8-5-4-6-9-12/h4-6,8-9,13-14H,7,10-11H2,1-3H3,(H2,18,19,21)/t13-,14+/m1/s1. The number of carbonyl (C=O) groups excluding carboxylic acids is 2. The highest BCUT2D eigenvalue weighted by Gasteiger charge is 2.36. The van der Waals surface area contributed by atoms with Gasteiger partial charge in [0.05, 0.1) is 5.92 Å². The molecule has 120 valence electrons. The number of carbonyl (C=O) groups is 2. The van der Waals surface area contributed by atoms with Crippen LogP contribution in [0.25, 0.3) is 0 Å². The maximum Gasteiger partial charge on any atom is 0.319 e. The first-order chi connectivity index (χ1) is 10.3. The molecule has 1 aromatic carbocycles. The number of ether oxygens (including phenoxy) is 1. The van der Waals surface area contributed by atoms with E-state index in [0.29, 0.717) is 0 Å². The molecule has 1 saturated carbocycles. The van der Waals surface area contributed by atoms with E-state index < -0.39 is 5.60 Å². The fourth-order valence-corrected chi connectivity index (χ4v) is 2.65. The second kappa shape index (κ2) is 6.81. The van der Waals surface area contributed by atoms with E-state index in [2.05, 4.69) is 10.6 Å². The predicted molar refractivity (Wildman–Crippen MR) is 85.6 cm³/mol. The van der Waals surface area contributed by atoms with E-state index in [1.54, 1.807) is 0 Å². The SMILES string of the molecule is CC(C)(C)OC(=O)[C@@H]1CCC[C@@H]1NC(=O)Nc1ccccc1. The van der Waals surface area contributed by atoms with Gasteiger partial charge in [0.1, 0.15) is 5.60 Å². The molecule has 0 radical (unpaired) electrons. The summed E-state index contributed by atoms with van der Waals surface area (Å²) in [6.07, 6.45) is 2.47. The molecule has 0 aliphatic heterocycles. The number of esters is 1. The van der Waals surface area contributed by atoms with E-state index in [0.717, 1.165) is 24.9 Å². The van der Waals surface area contributed by atoms with Crippen LogP contribution in [0.15, 0.2) is 30.3 Å². The molecule has 2 N–H and O–H groups in total. The Morgan fingerprint density at radius 2 is 1.82 bits per heavy atom. The first kappa shape index (κ1) is 16.3. The molecule has 0 unspecified atom stereocenters. The maximum absolute atomic E-state index is 12.2. The van der Waals surface area contributed by atoms with E-state index in [1.807, 2.05) is 51.1 Å². The summed E-state index contributed by atoms with van der Waals surface area (Å²) < 4.78 is 5.44. The Balaban J connectivity index is 1.91. The predicted octanol–water partition coefficient (Wildman–Crippen LogP) is 3.32. The summed E-state index contributed by atoms with van der Waals surface area (Å²) in [5.41, 5.74) is 0.225. The third-order valence-corrected chi connectivity index (χ3v) is 3.57. The van der Waals surface area contributed by atoms with Gasteiger partial charge in [-0.1, -0.05) is 24.6 Å². The molecule has 0 bridgehead atoms. The zero-order valence-electron chi connectivity index (χ0n) is 13.4. The van der Waals surface area contributed by atoms with E-state index in [4.69, 9.17) is 4.74 Å². The zero-order chi connectivity index (χ0) is 16.2. The molecule has 0 saturated heterocycles. The summed E-state index contributed by atoms with van der Waals surface area (Å²) in [5.74, 6) is -0.490. The highest BCUT2D eigenvalue weighted by atomic mass is 16.6. The molecule has 0 aromatic heterocycles. The van der Waals surface area contributed by atoms with Crippen LogP contribution in [0.4, 0.5) is 10.5 Å². The lowest BCUT2D eigenvalue weighted by Crippen LogP contribution is -2.44. The van der Waals surface area contributed by atoms with E-state index in [-0.39, 0.29) is 24.0 Å². The van der Waals surface area contributed by atoms with Gasteiger partial charge < -0.3 is 15.4 Å². The summed E-state index contributed by atoms with van der Waals surface area (Å²) in [7, 11) is 0. The van der Waals surface area contributed by atoms with Gasteiger partial charge >= 0.3 is 12.0 Å². The molecule has 0 heterocycles. The summed E-state index contributed by atoms with van der Waals surface area (Å²) in [6.45, 7) is 5.55. The van der Waals surface area contributed by atoms with Gasteiger partial charge in [-0.15, -0.1) is 0 Å². The highest BCUT2D eigenvalue weighted by molar-refractivity contribution is 5.90. The minimum absolute atomic E-state index is 0.168. The molecular formula is C17H24N2O3. The van der Waals surface area contributed by atoms with Crippen molar-refractivity contribution in [1.82, 2.24) is 5.32 Å². The average Bonchev–Trinajstić information content (AvgIpc) is 2.86. The number of rotatable bonds is 3. The Kier molecular flexibility index (Phi) is 5.06. The largest absolute Gasteiger partial charge is 0.460 e. The van der Waals surface area contributed by atoms with Crippen LogP contribution in [0.3, 0.4) is 0 Å². The summed E-state index contributed by atoms with van der Waals surface area (Å²) in [5, 5.41) is 5.67. The molecule has 1 fully saturated rings. The second-order valence-corrected chi connectivity index (χ2v) is 6.64. The Hall–Kier alpha value is -2.04. The van der Waals surface area contributed by atoms with Gasteiger partial charge in [-0.05, 0) is 45.7 Å². The third kappa shape index (κ3) is 4.76. The van der Waals surface area contributed by atoms with Crippen molar-refractivity contribution in [2.24, 2.45) is 5.92 Å². The Labute approximate surface area is 131 Å². The van der Waals surface area contributed by atoms with Gasteiger partial charge in [-0.25, -0.2) is 4.79 Å². The Morgan fingerprint density at radius 1 is 1.14 bits per heavy atom. The highest BCUT2D eigenvalue weighted by Crippen LogP contribution is 2.28.